The Hall–Kier alpha value is -3.20. The van der Waals surface area contributed by atoms with Crippen molar-refractivity contribution in [3.63, 3.8) is 0 Å². The summed E-state index contributed by atoms with van der Waals surface area (Å²) in [5, 5.41) is 4.88. The van der Waals surface area contributed by atoms with Gasteiger partial charge in [-0.05, 0) is 55.9 Å². The number of rotatable bonds is 7. The number of piperidine rings is 1. The maximum Gasteiger partial charge on any atom is 0.273 e. The number of para-hydroxylation sites is 1. The molecule has 0 aromatic heterocycles. The quantitative estimate of drug-likeness (QED) is 0.448. The molecular weight excluding hydrogens is 496 g/mol. The van der Waals surface area contributed by atoms with Crippen LogP contribution in [0, 0.1) is 6.92 Å². The summed E-state index contributed by atoms with van der Waals surface area (Å²) in [5.74, 6) is -0.461. The van der Waals surface area contributed by atoms with Crippen LogP contribution >= 0.6 is 11.6 Å². The molecule has 1 N–H and O–H groups in total. The van der Waals surface area contributed by atoms with Gasteiger partial charge in [-0.3, -0.25) is 9.10 Å². The van der Waals surface area contributed by atoms with E-state index >= 15 is 0 Å². The molecule has 3 aromatic carbocycles. The lowest BCUT2D eigenvalue weighted by molar-refractivity contribution is 0.0955. The molecule has 188 valence electrons. The van der Waals surface area contributed by atoms with Crippen molar-refractivity contribution >= 4 is 38.9 Å². The fourth-order valence-electron chi connectivity index (χ4n) is 3.95. The fourth-order valence-corrected chi connectivity index (χ4v) is 5.55. The standard InChI is InChI=1S/C27H29ClN4O3S/c1-20-7-13-24(14-8-20)36(34,35)32(19-21-9-11-22(28)12-10-21)26-6-4-3-5-25(26)27(33)30-29-23-15-17-31(2)18-16-23/h3-14H,15-19H2,1-2H3,(H,30,33). The van der Waals surface area contributed by atoms with Gasteiger partial charge >= 0.3 is 0 Å². The van der Waals surface area contributed by atoms with Gasteiger partial charge in [-0.2, -0.15) is 5.10 Å². The second-order valence-corrected chi connectivity index (χ2v) is 11.2. The topological polar surface area (TPSA) is 82.1 Å². The first-order chi connectivity index (χ1) is 17.2. The third-order valence-corrected chi connectivity index (χ3v) is 8.17. The van der Waals surface area contributed by atoms with Crippen LogP contribution in [-0.4, -0.2) is 45.1 Å². The third kappa shape index (κ3) is 6.13. The number of benzene rings is 3. The van der Waals surface area contributed by atoms with E-state index in [1.54, 1.807) is 72.8 Å². The lowest BCUT2D eigenvalue weighted by Gasteiger charge is -2.27. The first-order valence-corrected chi connectivity index (χ1v) is 13.5. The number of hydrogen-bond donors (Lipinski definition) is 1. The molecule has 0 unspecified atom stereocenters. The Morgan fingerprint density at radius 2 is 1.64 bits per heavy atom. The molecule has 0 radical (unpaired) electrons. The SMILES string of the molecule is Cc1ccc(S(=O)(=O)N(Cc2ccc(Cl)cc2)c2ccccc2C(=O)NN=C2CCN(C)CC2)cc1. The summed E-state index contributed by atoms with van der Waals surface area (Å²) in [6.45, 7) is 3.69. The lowest BCUT2D eigenvalue weighted by atomic mass is 10.1. The van der Waals surface area contributed by atoms with Crippen molar-refractivity contribution in [2.24, 2.45) is 5.10 Å². The monoisotopic (exact) mass is 524 g/mol. The molecule has 0 aliphatic carbocycles. The minimum Gasteiger partial charge on any atom is -0.306 e. The first-order valence-electron chi connectivity index (χ1n) is 11.7. The number of likely N-dealkylation sites (tertiary alicyclic amines) is 1. The highest BCUT2D eigenvalue weighted by Gasteiger charge is 2.28. The number of hydrazone groups is 1. The number of amides is 1. The van der Waals surface area contributed by atoms with Crippen molar-refractivity contribution in [1.29, 1.82) is 0 Å². The van der Waals surface area contributed by atoms with E-state index in [1.807, 2.05) is 6.92 Å². The van der Waals surface area contributed by atoms with Crippen molar-refractivity contribution in [2.75, 3.05) is 24.4 Å². The van der Waals surface area contributed by atoms with Gasteiger partial charge in [-0.1, -0.05) is 53.6 Å². The molecule has 36 heavy (non-hydrogen) atoms. The van der Waals surface area contributed by atoms with Gasteiger partial charge in [0.15, 0.2) is 0 Å². The minimum atomic E-state index is -4.00. The van der Waals surface area contributed by atoms with Gasteiger partial charge in [-0.15, -0.1) is 0 Å². The zero-order valence-electron chi connectivity index (χ0n) is 20.3. The molecule has 7 nitrogen and oxygen atoms in total. The zero-order valence-corrected chi connectivity index (χ0v) is 21.9. The van der Waals surface area contributed by atoms with Gasteiger partial charge in [0.25, 0.3) is 15.9 Å². The predicted octanol–water partition coefficient (Wildman–Crippen LogP) is 4.86. The Morgan fingerprint density at radius 3 is 2.31 bits per heavy atom. The summed E-state index contributed by atoms with van der Waals surface area (Å²) >= 11 is 6.04. The van der Waals surface area contributed by atoms with Gasteiger partial charge in [0, 0.05) is 36.7 Å². The van der Waals surface area contributed by atoms with Crippen molar-refractivity contribution in [1.82, 2.24) is 10.3 Å². The van der Waals surface area contributed by atoms with Crippen LogP contribution in [0.1, 0.15) is 34.3 Å². The van der Waals surface area contributed by atoms with Crippen LogP contribution in [0.15, 0.2) is 82.8 Å². The summed E-state index contributed by atoms with van der Waals surface area (Å²) in [6.07, 6.45) is 1.56. The number of sulfonamides is 1. The van der Waals surface area contributed by atoms with E-state index in [0.717, 1.165) is 42.8 Å². The third-order valence-electron chi connectivity index (χ3n) is 6.15. The summed E-state index contributed by atoms with van der Waals surface area (Å²) in [7, 11) is -1.95. The van der Waals surface area contributed by atoms with Crippen molar-refractivity contribution in [3.8, 4) is 0 Å². The van der Waals surface area contributed by atoms with Crippen molar-refractivity contribution in [2.45, 2.75) is 31.2 Å². The van der Waals surface area contributed by atoms with Gasteiger partial charge < -0.3 is 4.90 Å². The highest BCUT2D eigenvalue weighted by molar-refractivity contribution is 7.92. The van der Waals surface area contributed by atoms with Crippen LogP contribution in [-0.2, 0) is 16.6 Å². The molecule has 0 atom stereocenters. The predicted molar refractivity (Wildman–Crippen MR) is 144 cm³/mol. The van der Waals surface area contributed by atoms with E-state index in [9.17, 15) is 13.2 Å². The molecule has 1 fully saturated rings. The van der Waals surface area contributed by atoms with Crippen LogP contribution in [0.5, 0.6) is 0 Å². The molecular formula is C27H29ClN4O3S. The van der Waals surface area contributed by atoms with Gasteiger partial charge in [0.05, 0.1) is 22.7 Å². The largest absolute Gasteiger partial charge is 0.306 e. The second-order valence-electron chi connectivity index (χ2n) is 8.89. The molecule has 1 amide bonds. The fraction of sp³-hybridized carbons (Fsp3) is 0.259. The number of hydrogen-bond acceptors (Lipinski definition) is 5. The molecule has 1 saturated heterocycles. The summed E-state index contributed by atoms with van der Waals surface area (Å²) in [5.41, 5.74) is 5.74. The maximum atomic E-state index is 13.9. The van der Waals surface area contributed by atoms with Crippen LogP contribution < -0.4 is 9.73 Å². The normalized spacial score (nSPS) is 14.4. The van der Waals surface area contributed by atoms with Crippen LogP contribution in [0.2, 0.25) is 5.02 Å². The number of carbonyl (C=O) groups excluding carboxylic acids is 1. The van der Waals surface area contributed by atoms with Crippen molar-refractivity contribution in [3.05, 3.63) is 94.5 Å². The van der Waals surface area contributed by atoms with Crippen LogP contribution in [0.3, 0.4) is 0 Å². The maximum absolute atomic E-state index is 13.9. The Kier molecular flexibility index (Phi) is 8.08. The molecule has 3 aromatic rings. The number of carbonyl (C=O) groups is 1. The van der Waals surface area contributed by atoms with Gasteiger partial charge in [0.1, 0.15) is 0 Å². The highest BCUT2D eigenvalue weighted by Crippen LogP contribution is 2.30. The number of nitrogens with zero attached hydrogens (tertiary/aromatic N) is 3. The van der Waals surface area contributed by atoms with Gasteiger partial charge in [0.2, 0.25) is 0 Å². The van der Waals surface area contributed by atoms with E-state index < -0.39 is 15.9 Å². The Labute approximate surface area is 217 Å². The van der Waals surface area contributed by atoms with E-state index in [0.29, 0.717) is 5.02 Å². The molecule has 9 heteroatoms. The molecule has 1 aliphatic heterocycles. The molecule has 0 spiro atoms. The highest BCUT2D eigenvalue weighted by atomic mass is 35.5. The number of aryl methyl sites for hydroxylation is 1. The van der Waals surface area contributed by atoms with E-state index in [-0.39, 0.29) is 22.7 Å². The smallest absolute Gasteiger partial charge is 0.273 e. The first kappa shape index (κ1) is 25.9. The Balaban J connectivity index is 1.71. The average molecular weight is 525 g/mol. The second kappa shape index (κ2) is 11.2. The summed E-state index contributed by atoms with van der Waals surface area (Å²) in [6, 6.07) is 20.3. The molecule has 0 bridgehead atoms. The van der Waals surface area contributed by atoms with Crippen LogP contribution in [0.4, 0.5) is 5.69 Å². The number of anilines is 1. The molecule has 1 heterocycles. The number of halogens is 1. The van der Waals surface area contributed by atoms with E-state index in [4.69, 9.17) is 11.6 Å². The van der Waals surface area contributed by atoms with E-state index in [2.05, 4.69) is 22.5 Å². The van der Waals surface area contributed by atoms with E-state index in [1.165, 1.54) is 4.31 Å². The number of nitrogens with one attached hydrogen (secondary N) is 1. The average Bonchev–Trinajstić information content (AvgIpc) is 2.88. The summed E-state index contributed by atoms with van der Waals surface area (Å²) in [4.78, 5) is 15.6. The lowest BCUT2D eigenvalue weighted by Crippen LogP contribution is -2.34. The summed E-state index contributed by atoms with van der Waals surface area (Å²) < 4.78 is 29.0. The van der Waals surface area contributed by atoms with Crippen LogP contribution in [0.25, 0.3) is 0 Å². The Bertz CT molecular complexity index is 1350. The molecule has 1 aliphatic rings. The van der Waals surface area contributed by atoms with Gasteiger partial charge in [-0.25, -0.2) is 13.8 Å². The zero-order chi connectivity index (χ0) is 25.7. The van der Waals surface area contributed by atoms with Crippen molar-refractivity contribution < 1.29 is 13.2 Å². The molecule has 0 saturated carbocycles. The molecule has 4 rings (SSSR count). The Morgan fingerprint density at radius 1 is 1.00 bits per heavy atom. The minimum absolute atomic E-state index is 0.0263.